The number of rotatable bonds is 3. The van der Waals surface area contributed by atoms with Gasteiger partial charge in [0.25, 0.3) is 0 Å². The van der Waals surface area contributed by atoms with Crippen LogP contribution in [0.25, 0.3) is 22.4 Å². The summed E-state index contributed by atoms with van der Waals surface area (Å²) in [6.07, 6.45) is 1.02. The van der Waals surface area contributed by atoms with E-state index in [1.54, 1.807) is 0 Å². The van der Waals surface area contributed by atoms with Gasteiger partial charge in [-0.2, -0.15) is 0 Å². The normalized spacial score (nSPS) is 11.2. The summed E-state index contributed by atoms with van der Waals surface area (Å²) in [7, 11) is 0. The first-order valence-electron chi connectivity index (χ1n) is 7.13. The molecule has 21 heavy (non-hydrogen) atoms. The first-order chi connectivity index (χ1) is 10.1. The minimum Gasteiger partial charge on any atom is -0.398 e. The summed E-state index contributed by atoms with van der Waals surface area (Å²) >= 11 is 6.37. The lowest BCUT2D eigenvalue weighted by molar-refractivity contribution is 0.704. The van der Waals surface area contributed by atoms with Crippen molar-refractivity contribution >= 4 is 28.3 Å². The Morgan fingerprint density at radius 2 is 2.05 bits per heavy atom. The van der Waals surface area contributed by atoms with Gasteiger partial charge in [-0.05, 0) is 37.1 Å². The zero-order valence-electron chi connectivity index (χ0n) is 12.2. The van der Waals surface area contributed by atoms with Crippen molar-refractivity contribution in [3.63, 3.8) is 0 Å². The van der Waals surface area contributed by atoms with Crippen LogP contribution in [-0.4, -0.2) is 9.55 Å². The zero-order valence-corrected chi connectivity index (χ0v) is 13.0. The molecule has 0 saturated heterocycles. The Hall–Kier alpha value is -2.00. The van der Waals surface area contributed by atoms with Crippen LogP contribution >= 0.6 is 11.6 Å². The molecule has 108 valence electrons. The largest absolute Gasteiger partial charge is 0.398 e. The van der Waals surface area contributed by atoms with Gasteiger partial charge in [-0.1, -0.05) is 36.7 Å². The van der Waals surface area contributed by atoms with Crippen LogP contribution in [0.3, 0.4) is 0 Å². The zero-order chi connectivity index (χ0) is 15.0. The summed E-state index contributed by atoms with van der Waals surface area (Å²) in [5.74, 6) is 0.923. The summed E-state index contributed by atoms with van der Waals surface area (Å²) in [4.78, 5) is 4.76. The quantitative estimate of drug-likeness (QED) is 0.715. The standard InChI is InChI=1S/C17H18ClN3/c1-3-9-21-16-13(18)5-4-6-15(16)20-17(21)12-8-7-11(2)14(19)10-12/h4-8,10H,3,9,19H2,1-2H3. The highest BCUT2D eigenvalue weighted by molar-refractivity contribution is 6.35. The molecule has 3 nitrogen and oxygen atoms in total. The number of imidazole rings is 1. The average molecular weight is 300 g/mol. The molecule has 2 N–H and O–H groups in total. The van der Waals surface area contributed by atoms with Gasteiger partial charge in [0.1, 0.15) is 5.82 Å². The summed E-state index contributed by atoms with van der Waals surface area (Å²) in [5, 5.41) is 0.736. The van der Waals surface area contributed by atoms with Crippen molar-refractivity contribution in [2.75, 3.05) is 5.73 Å². The van der Waals surface area contributed by atoms with Gasteiger partial charge in [0.05, 0.1) is 16.1 Å². The van der Waals surface area contributed by atoms with E-state index >= 15 is 0 Å². The molecular formula is C17H18ClN3. The Labute approximate surface area is 129 Å². The number of fused-ring (bicyclic) bond motifs is 1. The highest BCUT2D eigenvalue weighted by Crippen LogP contribution is 2.31. The summed E-state index contributed by atoms with van der Waals surface area (Å²) < 4.78 is 2.18. The number of aromatic nitrogens is 2. The molecule has 0 bridgehead atoms. The van der Waals surface area contributed by atoms with Gasteiger partial charge >= 0.3 is 0 Å². The average Bonchev–Trinajstić information content (AvgIpc) is 2.83. The number of nitrogens with zero attached hydrogens (tertiary/aromatic N) is 2. The minimum absolute atomic E-state index is 0.736. The maximum Gasteiger partial charge on any atom is 0.141 e. The molecule has 2 aromatic carbocycles. The van der Waals surface area contributed by atoms with E-state index in [0.29, 0.717) is 0 Å². The monoisotopic (exact) mass is 299 g/mol. The van der Waals surface area contributed by atoms with E-state index < -0.39 is 0 Å². The van der Waals surface area contributed by atoms with Crippen molar-refractivity contribution in [3.05, 3.63) is 47.0 Å². The maximum atomic E-state index is 6.37. The van der Waals surface area contributed by atoms with Gasteiger partial charge < -0.3 is 10.3 Å². The van der Waals surface area contributed by atoms with Crippen LogP contribution < -0.4 is 5.73 Å². The Morgan fingerprint density at radius 3 is 2.76 bits per heavy atom. The lowest BCUT2D eigenvalue weighted by atomic mass is 10.1. The molecule has 4 heteroatoms. The van der Waals surface area contributed by atoms with Crippen LogP contribution in [0.15, 0.2) is 36.4 Å². The van der Waals surface area contributed by atoms with Crippen molar-refractivity contribution < 1.29 is 0 Å². The number of benzene rings is 2. The van der Waals surface area contributed by atoms with Gasteiger partial charge in [0.2, 0.25) is 0 Å². The van der Waals surface area contributed by atoms with E-state index in [9.17, 15) is 0 Å². The first kappa shape index (κ1) is 14.0. The van der Waals surface area contributed by atoms with Gasteiger partial charge in [-0.3, -0.25) is 0 Å². The fourth-order valence-electron chi connectivity index (χ4n) is 2.58. The van der Waals surface area contributed by atoms with E-state index in [2.05, 4.69) is 17.6 Å². The predicted molar refractivity (Wildman–Crippen MR) is 89.6 cm³/mol. The van der Waals surface area contributed by atoms with E-state index in [-0.39, 0.29) is 0 Å². The second-order valence-corrected chi connectivity index (χ2v) is 5.67. The second kappa shape index (κ2) is 5.41. The first-order valence-corrected chi connectivity index (χ1v) is 7.51. The van der Waals surface area contributed by atoms with Crippen molar-refractivity contribution in [2.24, 2.45) is 0 Å². The smallest absolute Gasteiger partial charge is 0.141 e. The molecule has 1 aromatic heterocycles. The van der Waals surface area contributed by atoms with Crippen LogP contribution in [0.2, 0.25) is 5.02 Å². The topological polar surface area (TPSA) is 43.8 Å². The summed E-state index contributed by atoms with van der Waals surface area (Å²) in [6.45, 7) is 5.03. The van der Waals surface area contributed by atoms with E-state index in [1.165, 1.54) is 0 Å². The van der Waals surface area contributed by atoms with Crippen molar-refractivity contribution in [1.29, 1.82) is 0 Å². The number of hydrogen-bond acceptors (Lipinski definition) is 2. The van der Waals surface area contributed by atoms with Gasteiger partial charge in [-0.25, -0.2) is 4.98 Å². The summed E-state index contributed by atoms with van der Waals surface area (Å²) in [6, 6.07) is 11.9. The number of halogens is 1. The molecular weight excluding hydrogens is 282 g/mol. The van der Waals surface area contributed by atoms with E-state index in [0.717, 1.165) is 51.7 Å². The van der Waals surface area contributed by atoms with Crippen LogP contribution in [0, 0.1) is 6.92 Å². The lowest BCUT2D eigenvalue weighted by Gasteiger charge is -2.10. The van der Waals surface area contributed by atoms with Gasteiger partial charge in [0, 0.05) is 17.8 Å². The van der Waals surface area contributed by atoms with Gasteiger partial charge in [-0.15, -0.1) is 0 Å². The fourth-order valence-corrected chi connectivity index (χ4v) is 2.85. The molecule has 0 spiro atoms. The van der Waals surface area contributed by atoms with Crippen molar-refractivity contribution in [2.45, 2.75) is 26.8 Å². The molecule has 1 heterocycles. The number of para-hydroxylation sites is 1. The van der Waals surface area contributed by atoms with Crippen LogP contribution in [0.5, 0.6) is 0 Å². The SMILES string of the molecule is CCCn1c(-c2ccc(C)c(N)c2)nc2cccc(Cl)c21. The number of anilines is 1. The molecule has 0 saturated carbocycles. The molecule has 0 radical (unpaired) electrons. The number of aryl methyl sites for hydroxylation is 2. The third-order valence-electron chi connectivity index (χ3n) is 3.70. The number of nitrogen functional groups attached to an aromatic ring is 1. The molecule has 0 fully saturated rings. The second-order valence-electron chi connectivity index (χ2n) is 5.27. The predicted octanol–water partition coefficient (Wildman–Crippen LogP) is 4.66. The summed E-state index contributed by atoms with van der Waals surface area (Å²) in [5.41, 5.74) is 10.9. The lowest BCUT2D eigenvalue weighted by Crippen LogP contribution is -2.01. The Bertz CT molecular complexity index is 805. The van der Waals surface area contributed by atoms with Crippen molar-refractivity contribution in [1.82, 2.24) is 9.55 Å². The van der Waals surface area contributed by atoms with Crippen LogP contribution in [0.4, 0.5) is 5.69 Å². The van der Waals surface area contributed by atoms with E-state index in [1.807, 2.05) is 37.3 Å². The molecule has 0 aliphatic heterocycles. The molecule has 0 amide bonds. The highest BCUT2D eigenvalue weighted by Gasteiger charge is 2.14. The minimum atomic E-state index is 0.736. The molecule has 0 aliphatic rings. The third-order valence-corrected chi connectivity index (χ3v) is 4.01. The Kier molecular flexibility index (Phi) is 3.60. The van der Waals surface area contributed by atoms with Crippen LogP contribution in [-0.2, 0) is 6.54 Å². The number of nitrogens with two attached hydrogens (primary N) is 1. The van der Waals surface area contributed by atoms with Crippen molar-refractivity contribution in [3.8, 4) is 11.4 Å². The molecule has 0 aliphatic carbocycles. The van der Waals surface area contributed by atoms with Crippen LogP contribution in [0.1, 0.15) is 18.9 Å². The molecule has 0 atom stereocenters. The highest BCUT2D eigenvalue weighted by atomic mass is 35.5. The Balaban J connectivity index is 2.28. The molecule has 3 rings (SSSR count). The third kappa shape index (κ3) is 2.38. The maximum absolute atomic E-state index is 6.37. The fraction of sp³-hybridized carbons (Fsp3) is 0.235. The van der Waals surface area contributed by atoms with E-state index in [4.69, 9.17) is 22.3 Å². The molecule has 0 unspecified atom stereocenters. The molecule has 3 aromatic rings. The van der Waals surface area contributed by atoms with Gasteiger partial charge in [0.15, 0.2) is 0 Å². The Morgan fingerprint density at radius 1 is 1.24 bits per heavy atom. The number of hydrogen-bond donors (Lipinski definition) is 1.